The number of carbonyl (C=O) groups excluding carboxylic acids is 1. The fraction of sp³-hybridized carbons (Fsp3) is 0.0769. The molecule has 0 N–H and O–H groups in total. The number of amidine groups is 1. The van der Waals surface area contributed by atoms with E-state index in [4.69, 9.17) is 0 Å². The Balaban J connectivity index is 1.94. The second-order valence-corrected chi connectivity index (χ2v) is 3.83. The normalized spacial score (nSPS) is 14.4. The number of nitrogens with zero attached hydrogens (tertiary/aromatic N) is 3. The molecular formula is C13H9N3O. The highest BCUT2D eigenvalue weighted by Gasteiger charge is 2.09. The third kappa shape index (κ3) is 1.97. The zero-order chi connectivity index (χ0) is 11.7. The van der Waals surface area contributed by atoms with Crippen LogP contribution in [0.4, 0.5) is 0 Å². The van der Waals surface area contributed by atoms with Crippen LogP contribution >= 0.6 is 0 Å². The monoisotopic (exact) mass is 223 g/mol. The number of aromatic nitrogens is 1. The zero-order valence-electron chi connectivity index (χ0n) is 9.00. The van der Waals surface area contributed by atoms with Crippen LogP contribution in [-0.4, -0.2) is 22.9 Å². The number of carbonyl (C=O) groups is 1. The Hall–Kier alpha value is -2.36. The molecule has 1 amide bonds. The lowest BCUT2D eigenvalue weighted by Gasteiger charge is -2.01. The Labute approximate surface area is 97.7 Å². The van der Waals surface area contributed by atoms with Crippen molar-refractivity contribution in [3.63, 3.8) is 0 Å². The Morgan fingerprint density at radius 3 is 2.94 bits per heavy atom. The third-order valence-corrected chi connectivity index (χ3v) is 2.59. The van der Waals surface area contributed by atoms with Gasteiger partial charge in [0.05, 0.1) is 11.7 Å². The highest BCUT2D eigenvalue weighted by molar-refractivity contribution is 6.34. The highest BCUT2D eigenvalue weighted by atomic mass is 16.1. The molecule has 4 nitrogen and oxygen atoms in total. The van der Waals surface area contributed by atoms with E-state index < -0.39 is 0 Å². The van der Waals surface area contributed by atoms with Gasteiger partial charge in [-0.1, -0.05) is 12.1 Å². The van der Waals surface area contributed by atoms with E-state index in [9.17, 15) is 4.79 Å². The maximum absolute atomic E-state index is 10.9. The van der Waals surface area contributed by atoms with Crippen molar-refractivity contribution in [1.82, 2.24) is 4.98 Å². The van der Waals surface area contributed by atoms with Crippen LogP contribution in [-0.2, 0) is 11.2 Å². The maximum Gasteiger partial charge on any atom is 0.289 e. The van der Waals surface area contributed by atoms with Gasteiger partial charge in [0.25, 0.3) is 5.91 Å². The summed E-state index contributed by atoms with van der Waals surface area (Å²) in [5.41, 5.74) is 2.04. The van der Waals surface area contributed by atoms with E-state index in [0.29, 0.717) is 12.3 Å². The summed E-state index contributed by atoms with van der Waals surface area (Å²) in [5, 5.41) is 1.08. The van der Waals surface area contributed by atoms with Gasteiger partial charge in [0.1, 0.15) is 5.84 Å². The first-order chi connectivity index (χ1) is 8.31. The molecule has 17 heavy (non-hydrogen) atoms. The summed E-state index contributed by atoms with van der Waals surface area (Å²) >= 11 is 0. The minimum absolute atomic E-state index is 0.276. The van der Waals surface area contributed by atoms with E-state index in [0.717, 1.165) is 16.5 Å². The quantitative estimate of drug-likeness (QED) is 0.779. The lowest BCUT2D eigenvalue weighted by molar-refractivity contribution is -0.111. The van der Waals surface area contributed by atoms with Gasteiger partial charge in [0.15, 0.2) is 0 Å². The van der Waals surface area contributed by atoms with Crippen molar-refractivity contribution in [2.24, 2.45) is 9.98 Å². The van der Waals surface area contributed by atoms with Gasteiger partial charge in [-0.05, 0) is 23.8 Å². The smallest absolute Gasteiger partial charge is 0.266 e. The lowest BCUT2D eigenvalue weighted by atomic mass is 10.1. The van der Waals surface area contributed by atoms with Gasteiger partial charge in [0.2, 0.25) is 0 Å². The molecule has 1 aliphatic rings. The van der Waals surface area contributed by atoms with Crippen LogP contribution in [0.25, 0.3) is 10.9 Å². The minimum atomic E-state index is -0.276. The predicted molar refractivity (Wildman–Crippen MR) is 66.4 cm³/mol. The van der Waals surface area contributed by atoms with Crippen LogP contribution in [0.3, 0.4) is 0 Å². The predicted octanol–water partition coefficient (Wildman–Crippen LogP) is 1.79. The summed E-state index contributed by atoms with van der Waals surface area (Å²) in [6.45, 7) is 0. The summed E-state index contributed by atoms with van der Waals surface area (Å²) in [7, 11) is 0. The third-order valence-electron chi connectivity index (χ3n) is 2.59. The topological polar surface area (TPSA) is 54.7 Å². The molecule has 0 saturated heterocycles. The van der Waals surface area contributed by atoms with Crippen molar-refractivity contribution in [2.75, 3.05) is 0 Å². The molecular weight excluding hydrogens is 214 g/mol. The summed E-state index contributed by atoms with van der Waals surface area (Å²) in [4.78, 5) is 22.9. The molecule has 0 unspecified atom stereocenters. The molecule has 0 bridgehead atoms. The van der Waals surface area contributed by atoms with Crippen LogP contribution in [0.15, 0.2) is 46.5 Å². The highest BCUT2D eigenvalue weighted by Crippen LogP contribution is 2.14. The average molecular weight is 223 g/mol. The molecule has 1 aliphatic heterocycles. The molecule has 0 atom stereocenters. The number of benzene rings is 1. The minimum Gasteiger partial charge on any atom is -0.266 e. The Bertz CT molecular complexity index is 659. The van der Waals surface area contributed by atoms with Crippen molar-refractivity contribution in [2.45, 2.75) is 6.42 Å². The van der Waals surface area contributed by atoms with Crippen LogP contribution in [0.1, 0.15) is 5.56 Å². The number of aliphatic imine (C=N–C) groups is 2. The summed E-state index contributed by atoms with van der Waals surface area (Å²) in [6, 6.07) is 9.91. The van der Waals surface area contributed by atoms with Crippen molar-refractivity contribution >= 4 is 28.9 Å². The maximum atomic E-state index is 10.9. The second kappa shape index (κ2) is 3.90. The van der Waals surface area contributed by atoms with E-state index >= 15 is 0 Å². The molecule has 0 spiro atoms. The van der Waals surface area contributed by atoms with Crippen molar-refractivity contribution in [1.29, 1.82) is 0 Å². The number of amides is 1. The SMILES string of the molecule is O=C1C=NC(Cc2ccc3ncccc3c2)=N1. The number of rotatable bonds is 2. The molecule has 2 aromatic rings. The fourth-order valence-corrected chi connectivity index (χ4v) is 1.82. The zero-order valence-corrected chi connectivity index (χ0v) is 9.00. The van der Waals surface area contributed by atoms with Crippen LogP contribution in [0, 0.1) is 0 Å². The molecule has 82 valence electrons. The van der Waals surface area contributed by atoms with E-state index in [1.54, 1.807) is 6.20 Å². The van der Waals surface area contributed by atoms with Crippen molar-refractivity contribution in [3.8, 4) is 0 Å². The van der Waals surface area contributed by atoms with Crippen molar-refractivity contribution in [3.05, 3.63) is 42.1 Å². The Morgan fingerprint density at radius 1 is 1.18 bits per heavy atom. The molecule has 0 saturated carbocycles. The number of fused-ring (bicyclic) bond motifs is 1. The molecule has 1 aromatic carbocycles. The number of hydrogen-bond acceptors (Lipinski definition) is 3. The second-order valence-electron chi connectivity index (χ2n) is 3.83. The Kier molecular flexibility index (Phi) is 2.26. The molecule has 0 fully saturated rings. The fourth-order valence-electron chi connectivity index (χ4n) is 1.82. The lowest BCUT2D eigenvalue weighted by Crippen LogP contribution is -1.97. The molecule has 0 radical (unpaired) electrons. The molecule has 3 rings (SSSR count). The van der Waals surface area contributed by atoms with Gasteiger partial charge in [-0.2, -0.15) is 4.99 Å². The van der Waals surface area contributed by atoms with Gasteiger partial charge in [-0.15, -0.1) is 0 Å². The van der Waals surface area contributed by atoms with Crippen LogP contribution in [0.2, 0.25) is 0 Å². The van der Waals surface area contributed by atoms with Gasteiger partial charge < -0.3 is 0 Å². The largest absolute Gasteiger partial charge is 0.289 e. The van der Waals surface area contributed by atoms with Crippen molar-refractivity contribution < 1.29 is 4.79 Å². The van der Waals surface area contributed by atoms with Gasteiger partial charge in [-0.25, -0.2) is 4.99 Å². The molecule has 4 heteroatoms. The number of hydrogen-bond donors (Lipinski definition) is 0. The van der Waals surface area contributed by atoms with E-state index in [1.165, 1.54) is 6.21 Å². The van der Waals surface area contributed by atoms with Crippen LogP contribution in [0.5, 0.6) is 0 Å². The van der Waals surface area contributed by atoms with Gasteiger partial charge in [0, 0.05) is 18.0 Å². The standard InChI is InChI=1S/C13H9N3O/c17-13-8-15-12(16-13)7-9-3-4-11-10(6-9)2-1-5-14-11/h1-6,8H,7H2. The average Bonchev–Trinajstić information content (AvgIpc) is 2.75. The summed E-state index contributed by atoms with van der Waals surface area (Å²) in [5.74, 6) is 0.292. The van der Waals surface area contributed by atoms with E-state index in [2.05, 4.69) is 15.0 Å². The summed E-state index contributed by atoms with van der Waals surface area (Å²) < 4.78 is 0. The molecule has 2 heterocycles. The van der Waals surface area contributed by atoms with E-state index in [1.807, 2.05) is 30.3 Å². The first-order valence-electron chi connectivity index (χ1n) is 5.30. The first kappa shape index (κ1) is 9.84. The van der Waals surface area contributed by atoms with Gasteiger partial charge >= 0.3 is 0 Å². The van der Waals surface area contributed by atoms with Crippen LogP contribution < -0.4 is 0 Å². The first-order valence-corrected chi connectivity index (χ1v) is 5.30. The molecule has 0 aliphatic carbocycles. The van der Waals surface area contributed by atoms with Gasteiger partial charge in [-0.3, -0.25) is 9.78 Å². The summed E-state index contributed by atoms with van der Waals surface area (Å²) in [6.07, 6.45) is 3.59. The Morgan fingerprint density at radius 2 is 2.12 bits per heavy atom. The number of pyridine rings is 1. The van der Waals surface area contributed by atoms with E-state index in [-0.39, 0.29) is 5.91 Å². The molecule has 1 aromatic heterocycles.